The van der Waals surface area contributed by atoms with Crippen molar-refractivity contribution in [3.05, 3.63) is 22.0 Å². The smallest absolute Gasteiger partial charge is 0.356 e. The number of ether oxygens (including phenoxy) is 2. The van der Waals surface area contributed by atoms with Gasteiger partial charge in [-0.3, -0.25) is 10.1 Å². The fraction of sp³-hybridized carbons (Fsp3) is 0.500. The van der Waals surface area contributed by atoms with Crippen LogP contribution < -0.4 is 9.47 Å². The molecular weight excluding hydrogens is 264 g/mol. The van der Waals surface area contributed by atoms with Crippen molar-refractivity contribution >= 4 is 11.8 Å². The summed E-state index contributed by atoms with van der Waals surface area (Å²) < 4.78 is 10.4. The molecule has 0 bridgehead atoms. The number of hydrogen-bond acceptors (Lipinski definition) is 7. The van der Waals surface area contributed by atoms with E-state index in [1.807, 2.05) is 0 Å². The first-order valence-electron chi connectivity index (χ1n) is 6.16. The Hall–Kier alpha value is -2.38. The molecule has 110 valence electrons. The summed E-state index contributed by atoms with van der Waals surface area (Å²) in [6, 6.07) is 0.0555. The molecule has 1 heterocycles. The van der Waals surface area contributed by atoms with Crippen LogP contribution in [0.25, 0.3) is 6.08 Å². The van der Waals surface area contributed by atoms with Crippen molar-refractivity contribution in [3.8, 4) is 11.9 Å². The van der Waals surface area contributed by atoms with Gasteiger partial charge >= 0.3 is 17.6 Å². The van der Waals surface area contributed by atoms with Crippen LogP contribution in [0.15, 0.2) is 6.20 Å². The Morgan fingerprint density at radius 3 is 2.40 bits per heavy atom. The van der Waals surface area contributed by atoms with Gasteiger partial charge in [-0.1, -0.05) is 0 Å². The molecule has 0 radical (unpaired) electrons. The molecule has 0 fully saturated rings. The van der Waals surface area contributed by atoms with E-state index in [2.05, 4.69) is 9.97 Å². The van der Waals surface area contributed by atoms with E-state index in [-0.39, 0.29) is 29.9 Å². The van der Waals surface area contributed by atoms with Crippen molar-refractivity contribution in [2.24, 2.45) is 0 Å². The highest BCUT2D eigenvalue weighted by Crippen LogP contribution is 2.30. The normalized spacial score (nSPS) is 10.6. The molecule has 0 N–H and O–H groups in total. The summed E-state index contributed by atoms with van der Waals surface area (Å²) in [5.74, 6) is -0.0886. The number of aromatic nitrogens is 2. The zero-order valence-corrected chi connectivity index (χ0v) is 12.0. The molecular formula is C12H18N4O4. The van der Waals surface area contributed by atoms with E-state index in [9.17, 15) is 10.1 Å². The van der Waals surface area contributed by atoms with Gasteiger partial charge in [0.15, 0.2) is 5.69 Å². The standard InChI is InChI=1S/C12H18N4O4/c1-5-19-11-10(16(17)18)9(7-8-15(3)4)13-12(14-11)20-6-2/h7-8H,5-6H2,1-4H3/b8-7+. The topological polar surface area (TPSA) is 90.6 Å². The number of rotatable bonds is 7. The van der Waals surface area contributed by atoms with Crippen LogP contribution in [0, 0.1) is 10.1 Å². The van der Waals surface area contributed by atoms with Crippen LogP contribution in [-0.4, -0.2) is 47.1 Å². The predicted octanol–water partition coefficient (Wildman–Crippen LogP) is 1.71. The molecule has 0 atom stereocenters. The molecule has 0 aliphatic carbocycles. The Bertz CT molecular complexity index is 502. The molecule has 0 spiro atoms. The van der Waals surface area contributed by atoms with Crippen molar-refractivity contribution in [1.29, 1.82) is 0 Å². The first-order valence-corrected chi connectivity index (χ1v) is 6.16. The molecule has 0 saturated heterocycles. The second-order valence-corrected chi connectivity index (χ2v) is 3.95. The summed E-state index contributed by atoms with van der Waals surface area (Å²) in [5.41, 5.74) is -0.126. The lowest BCUT2D eigenvalue weighted by atomic mass is 10.3. The van der Waals surface area contributed by atoms with Crippen LogP contribution >= 0.6 is 0 Å². The van der Waals surface area contributed by atoms with Crippen molar-refractivity contribution in [2.45, 2.75) is 13.8 Å². The second-order valence-electron chi connectivity index (χ2n) is 3.95. The Morgan fingerprint density at radius 1 is 1.25 bits per heavy atom. The lowest BCUT2D eigenvalue weighted by molar-refractivity contribution is -0.386. The third kappa shape index (κ3) is 4.08. The van der Waals surface area contributed by atoms with E-state index in [1.165, 1.54) is 6.08 Å². The maximum atomic E-state index is 11.2. The average Bonchev–Trinajstić information content (AvgIpc) is 2.36. The van der Waals surface area contributed by atoms with Crippen molar-refractivity contribution in [3.63, 3.8) is 0 Å². The van der Waals surface area contributed by atoms with Gasteiger partial charge < -0.3 is 14.4 Å². The fourth-order valence-electron chi connectivity index (χ4n) is 1.37. The van der Waals surface area contributed by atoms with Gasteiger partial charge in [0.2, 0.25) is 0 Å². The van der Waals surface area contributed by atoms with E-state index in [4.69, 9.17) is 9.47 Å². The van der Waals surface area contributed by atoms with E-state index < -0.39 is 4.92 Å². The third-order valence-corrected chi connectivity index (χ3v) is 2.13. The minimum Gasteiger partial charge on any atom is -0.473 e. The van der Waals surface area contributed by atoms with Crippen LogP contribution in [0.5, 0.6) is 11.9 Å². The van der Waals surface area contributed by atoms with Crippen LogP contribution in [0.1, 0.15) is 19.5 Å². The molecule has 0 amide bonds. The highest BCUT2D eigenvalue weighted by Gasteiger charge is 2.25. The number of nitrogens with zero attached hydrogens (tertiary/aromatic N) is 4. The Balaban J connectivity index is 3.37. The van der Waals surface area contributed by atoms with Gasteiger partial charge in [0.25, 0.3) is 0 Å². The lowest BCUT2D eigenvalue weighted by Gasteiger charge is -2.08. The first kappa shape index (κ1) is 15.7. The predicted molar refractivity (Wildman–Crippen MR) is 73.7 cm³/mol. The Labute approximate surface area is 117 Å². The van der Waals surface area contributed by atoms with Crippen molar-refractivity contribution in [1.82, 2.24) is 14.9 Å². The maximum Gasteiger partial charge on any atom is 0.356 e. The van der Waals surface area contributed by atoms with Crippen LogP contribution in [-0.2, 0) is 0 Å². The van der Waals surface area contributed by atoms with Crippen LogP contribution in [0.2, 0.25) is 0 Å². The zero-order valence-electron chi connectivity index (χ0n) is 12.0. The molecule has 0 saturated carbocycles. The van der Waals surface area contributed by atoms with Gasteiger partial charge in [0.05, 0.1) is 18.1 Å². The minimum absolute atomic E-state index is 0.0555. The summed E-state index contributed by atoms with van der Waals surface area (Å²) in [5, 5.41) is 11.2. The Morgan fingerprint density at radius 2 is 1.90 bits per heavy atom. The maximum absolute atomic E-state index is 11.2. The van der Waals surface area contributed by atoms with Crippen molar-refractivity contribution < 1.29 is 14.4 Å². The molecule has 1 rings (SSSR count). The molecule has 0 aromatic carbocycles. The van der Waals surface area contributed by atoms with Gasteiger partial charge in [-0.05, 0) is 19.9 Å². The molecule has 8 nitrogen and oxygen atoms in total. The minimum atomic E-state index is -0.559. The highest BCUT2D eigenvalue weighted by atomic mass is 16.6. The first-order chi connectivity index (χ1) is 9.49. The monoisotopic (exact) mass is 282 g/mol. The second kappa shape index (κ2) is 7.27. The third-order valence-electron chi connectivity index (χ3n) is 2.13. The van der Waals surface area contributed by atoms with Crippen LogP contribution in [0.3, 0.4) is 0 Å². The van der Waals surface area contributed by atoms with Gasteiger partial charge in [0, 0.05) is 20.3 Å². The summed E-state index contributed by atoms with van der Waals surface area (Å²) in [7, 11) is 3.60. The summed E-state index contributed by atoms with van der Waals surface area (Å²) in [6.07, 6.45) is 3.17. The summed E-state index contributed by atoms with van der Waals surface area (Å²) in [4.78, 5) is 20.3. The SMILES string of the molecule is CCOc1nc(/C=C/N(C)C)c([N+](=O)[O-])c(OCC)n1. The van der Waals surface area contributed by atoms with E-state index >= 15 is 0 Å². The van der Waals surface area contributed by atoms with E-state index in [1.54, 1.807) is 39.0 Å². The van der Waals surface area contributed by atoms with Gasteiger partial charge in [-0.2, -0.15) is 9.97 Å². The number of nitro groups is 1. The molecule has 1 aromatic heterocycles. The van der Waals surface area contributed by atoms with E-state index in [0.29, 0.717) is 6.61 Å². The van der Waals surface area contributed by atoms with Crippen LogP contribution in [0.4, 0.5) is 5.69 Å². The van der Waals surface area contributed by atoms with E-state index in [0.717, 1.165) is 0 Å². The summed E-state index contributed by atoms with van der Waals surface area (Å²) >= 11 is 0. The molecule has 8 heteroatoms. The largest absolute Gasteiger partial charge is 0.473 e. The zero-order chi connectivity index (χ0) is 15.1. The quantitative estimate of drug-likeness (QED) is 0.555. The average molecular weight is 282 g/mol. The van der Waals surface area contributed by atoms with Gasteiger partial charge in [0.1, 0.15) is 0 Å². The molecule has 1 aromatic rings. The molecule has 0 unspecified atom stereocenters. The van der Waals surface area contributed by atoms with Gasteiger partial charge in [-0.25, -0.2) is 0 Å². The summed E-state index contributed by atoms with van der Waals surface area (Å²) in [6.45, 7) is 4.13. The molecule has 0 aliphatic heterocycles. The Kier molecular flexibility index (Phi) is 5.70. The highest BCUT2D eigenvalue weighted by molar-refractivity contribution is 5.61. The molecule has 0 aliphatic rings. The van der Waals surface area contributed by atoms with Gasteiger partial charge in [-0.15, -0.1) is 0 Å². The van der Waals surface area contributed by atoms with Crippen molar-refractivity contribution in [2.75, 3.05) is 27.3 Å². The molecule has 20 heavy (non-hydrogen) atoms. The lowest BCUT2D eigenvalue weighted by Crippen LogP contribution is -2.07. The number of hydrogen-bond donors (Lipinski definition) is 0. The fourth-order valence-corrected chi connectivity index (χ4v) is 1.37.